The molecule has 4 rings (SSSR count). The molecular weight excluding hydrogens is 452 g/mol. The van der Waals surface area contributed by atoms with E-state index in [-0.39, 0.29) is 17.4 Å². The van der Waals surface area contributed by atoms with E-state index in [0.29, 0.717) is 40.1 Å². The van der Waals surface area contributed by atoms with E-state index in [1.807, 2.05) is 43.1 Å². The number of aromatic nitrogens is 3. The lowest BCUT2D eigenvalue weighted by Gasteiger charge is -2.24. The molecule has 0 aliphatic carbocycles. The van der Waals surface area contributed by atoms with Crippen LogP contribution in [-0.4, -0.2) is 60.3 Å². The number of likely N-dealkylation sites (N-methyl/N-ethyl adjacent to an activating group) is 2. The fourth-order valence-corrected chi connectivity index (χ4v) is 3.75. The third kappa shape index (κ3) is 5.43. The largest absolute Gasteiger partial charge is 0.433 e. The van der Waals surface area contributed by atoms with Gasteiger partial charge >= 0.3 is 6.61 Å². The van der Waals surface area contributed by atoms with Gasteiger partial charge in [-0.05, 0) is 32.3 Å². The average Bonchev–Trinajstić information content (AvgIpc) is 3.24. The van der Waals surface area contributed by atoms with Crippen LogP contribution in [0.1, 0.15) is 4.11 Å². The Morgan fingerprint density at radius 3 is 2.71 bits per heavy atom. The summed E-state index contributed by atoms with van der Waals surface area (Å²) in [6, 6.07) is 11.7. The highest BCUT2D eigenvalue weighted by molar-refractivity contribution is 5.95. The van der Waals surface area contributed by atoms with Gasteiger partial charge in [0.15, 0.2) is 5.75 Å². The molecule has 2 heterocycles. The van der Waals surface area contributed by atoms with Crippen LogP contribution in [0, 0.1) is 0 Å². The third-order valence-corrected chi connectivity index (χ3v) is 5.53. The highest BCUT2D eigenvalue weighted by Crippen LogP contribution is 2.37. The van der Waals surface area contributed by atoms with Gasteiger partial charge in [0.25, 0.3) is 0 Å². The van der Waals surface area contributed by atoms with E-state index in [4.69, 9.17) is 14.6 Å². The maximum absolute atomic E-state index is 13.3. The number of nitrogens with zero attached hydrogens (tertiary/aromatic N) is 5. The quantitative estimate of drug-likeness (QED) is 0.337. The number of anilines is 4. The molecule has 0 atom stereocenters. The second-order valence-corrected chi connectivity index (χ2v) is 8.33. The molecule has 0 aliphatic heterocycles. The standard InChI is InChI=1S/C25H29F2N7O/c1-32(2)11-12-33(3)22-14-23(35-24(26)27)20(13-18(22)28)31-25-29-10-9-19(30-25)17-15-34(4)21-8-6-5-7-16(17)21/h5-10,13-15,24H,11-12,28H2,1-4H3,(H,29,30,31)/i4D3. The Hall–Kier alpha value is -3.92. The SMILES string of the molecule is [2H]C([2H])([2H])n1cc(-c2ccnc(Nc3cc(N)c(N(C)CCN(C)C)cc3OC(F)F)n2)c2ccccc21. The average molecular weight is 485 g/mol. The molecule has 0 saturated heterocycles. The molecule has 8 nitrogen and oxygen atoms in total. The molecule has 10 heteroatoms. The van der Waals surface area contributed by atoms with Crippen LogP contribution in [0.4, 0.5) is 31.8 Å². The van der Waals surface area contributed by atoms with Crippen molar-refractivity contribution >= 4 is 33.9 Å². The summed E-state index contributed by atoms with van der Waals surface area (Å²) in [7, 11) is 5.69. The van der Waals surface area contributed by atoms with Crippen molar-refractivity contribution in [1.82, 2.24) is 19.4 Å². The van der Waals surface area contributed by atoms with Crippen molar-refractivity contribution in [3.8, 4) is 17.0 Å². The number of benzene rings is 2. The van der Waals surface area contributed by atoms with Crippen LogP contribution >= 0.6 is 0 Å². The highest BCUT2D eigenvalue weighted by Gasteiger charge is 2.17. The lowest BCUT2D eigenvalue weighted by Crippen LogP contribution is -2.29. The summed E-state index contributed by atoms with van der Waals surface area (Å²) in [5.41, 5.74) is 8.90. The van der Waals surface area contributed by atoms with Crippen LogP contribution in [-0.2, 0) is 6.98 Å². The second-order valence-electron chi connectivity index (χ2n) is 8.33. The minimum atomic E-state index is -3.06. The zero-order valence-electron chi connectivity index (χ0n) is 22.7. The first kappa shape index (κ1) is 20.5. The Kier molecular flexibility index (Phi) is 5.93. The van der Waals surface area contributed by atoms with E-state index in [9.17, 15) is 8.78 Å². The lowest BCUT2D eigenvalue weighted by atomic mass is 10.1. The van der Waals surface area contributed by atoms with Gasteiger partial charge in [0.05, 0.1) is 22.8 Å². The Balaban J connectivity index is 1.70. The number of ether oxygens (including phenoxy) is 1. The fraction of sp³-hybridized carbons (Fsp3) is 0.280. The first-order valence-corrected chi connectivity index (χ1v) is 10.9. The number of hydrogen-bond donors (Lipinski definition) is 2. The number of alkyl halides is 2. The number of nitrogen functional groups attached to an aromatic ring is 1. The zero-order valence-corrected chi connectivity index (χ0v) is 19.7. The van der Waals surface area contributed by atoms with E-state index in [0.717, 1.165) is 6.54 Å². The van der Waals surface area contributed by atoms with Crippen molar-refractivity contribution < 1.29 is 17.6 Å². The van der Waals surface area contributed by atoms with Crippen molar-refractivity contribution in [2.75, 3.05) is 50.2 Å². The van der Waals surface area contributed by atoms with Crippen LogP contribution < -0.4 is 20.7 Å². The Morgan fingerprint density at radius 1 is 1.17 bits per heavy atom. The summed E-state index contributed by atoms with van der Waals surface area (Å²) in [5, 5.41) is 3.62. The van der Waals surface area contributed by atoms with E-state index in [1.165, 1.54) is 29.1 Å². The topological polar surface area (TPSA) is 84.5 Å². The van der Waals surface area contributed by atoms with Gasteiger partial charge < -0.3 is 30.2 Å². The molecule has 3 N–H and O–H groups in total. The van der Waals surface area contributed by atoms with Crippen molar-refractivity contribution in [1.29, 1.82) is 0 Å². The van der Waals surface area contributed by atoms with Gasteiger partial charge in [-0.15, -0.1) is 0 Å². The molecule has 2 aromatic carbocycles. The second kappa shape index (κ2) is 10.1. The molecule has 0 amide bonds. The lowest BCUT2D eigenvalue weighted by molar-refractivity contribution is -0.0493. The van der Waals surface area contributed by atoms with E-state index in [2.05, 4.69) is 15.3 Å². The first-order valence-electron chi connectivity index (χ1n) is 12.4. The molecule has 0 saturated carbocycles. The molecule has 184 valence electrons. The molecule has 0 unspecified atom stereocenters. The first-order chi connectivity index (χ1) is 17.9. The van der Waals surface area contributed by atoms with Crippen molar-refractivity contribution in [3.63, 3.8) is 0 Å². The summed E-state index contributed by atoms with van der Waals surface area (Å²) in [5.74, 6) is -0.0191. The van der Waals surface area contributed by atoms with Crippen LogP contribution in [0.25, 0.3) is 22.2 Å². The monoisotopic (exact) mass is 484 g/mol. The summed E-state index contributed by atoms with van der Waals surface area (Å²) in [6.45, 7) is -4.09. The molecule has 2 aromatic heterocycles. The van der Waals surface area contributed by atoms with Gasteiger partial charge in [-0.2, -0.15) is 8.78 Å². The van der Waals surface area contributed by atoms with Gasteiger partial charge in [-0.1, -0.05) is 18.2 Å². The summed E-state index contributed by atoms with van der Waals surface area (Å²) in [6.07, 6.45) is 3.01. The number of fused-ring (bicyclic) bond motifs is 1. The predicted octanol–water partition coefficient (Wildman–Crippen LogP) is 4.56. The van der Waals surface area contributed by atoms with Gasteiger partial charge in [0.2, 0.25) is 5.95 Å². The normalized spacial score (nSPS) is 13.1. The Morgan fingerprint density at radius 2 is 1.97 bits per heavy atom. The molecule has 0 aliphatic rings. The van der Waals surface area contributed by atoms with Crippen LogP contribution in [0.3, 0.4) is 0 Å². The maximum Gasteiger partial charge on any atom is 0.387 e. The minimum Gasteiger partial charge on any atom is -0.433 e. The van der Waals surface area contributed by atoms with Gasteiger partial charge in [-0.25, -0.2) is 9.97 Å². The van der Waals surface area contributed by atoms with Crippen molar-refractivity contribution in [2.45, 2.75) is 6.61 Å². The third-order valence-electron chi connectivity index (χ3n) is 5.53. The number of para-hydroxylation sites is 1. The Bertz CT molecular complexity index is 1430. The summed E-state index contributed by atoms with van der Waals surface area (Å²) in [4.78, 5) is 12.6. The fourth-order valence-electron chi connectivity index (χ4n) is 3.75. The summed E-state index contributed by atoms with van der Waals surface area (Å²) < 4.78 is 56.2. The van der Waals surface area contributed by atoms with Crippen LogP contribution in [0.2, 0.25) is 0 Å². The van der Waals surface area contributed by atoms with Crippen molar-refractivity contribution in [2.24, 2.45) is 6.98 Å². The van der Waals surface area contributed by atoms with Crippen molar-refractivity contribution in [3.05, 3.63) is 54.9 Å². The highest BCUT2D eigenvalue weighted by atomic mass is 19.3. The Labute approximate surface area is 207 Å². The molecule has 0 bridgehead atoms. The van der Waals surface area contributed by atoms with Crippen LogP contribution in [0.15, 0.2) is 54.9 Å². The molecule has 0 fully saturated rings. The molecule has 0 spiro atoms. The molecule has 35 heavy (non-hydrogen) atoms. The number of rotatable bonds is 9. The van der Waals surface area contributed by atoms with Crippen LogP contribution in [0.5, 0.6) is 5.75 Å². The minimum absolute atomic E-state index is 0.0976. The summed E-state index contributed by atoms with van der Waals surface area (Å²) >= 11 is 0. The number of nitrogens with two attached hydrogens (primary N) is 1. The smallest absolute Gasteiger partial charge is 0.387 e. The number of halogens is 2. The van der Waals surface area contributed by atoms with Gasteiger partial charge in [-0.3, -0.25) is 0 Å². The molecular formula is C25H29F2N7O. The molecule has 4 aromatic rings. The van der Waals surface area contributed by atoms with Gasteiger partial charge in [0, 0.05) is 66.2 Å². The van der Waals surface area contributed by atoms with Gasteiger partial charge in [0.1, 0.15) is 0 Å². The van der Waals surface area contributed by atoms with E-state index < -0.39 is 13.6 Å². The number of nitrogens with one attached hydrogen (secondary N) is 1. The number of hydrogen-bond acceptors (Lipinski definition) is 7. The van der Waals surface area contributed by atoms with E-state index >= 15 is 0 Å². The number of aryl methyl sites for hydroxylation is 1. The molecule has 0 radical (unpaired) electrons. The van der Waals surface area contributed by atoms with E-state index in [1.54, 1.807) is 18.2 Å². The predicted molar refractivity (Wildman–Crippen MR) is 137 cm³/mol. The maximum atomic E-state index is 13.3. The zero-order chi connectivity index (χ0) is 27.6.